The summed E-state index contributed by atoms with van der Waals surface area (Å²) in [7, 11) is 0. The van der Waals surface area contributed by atoms with E-state index in [0.29, 0.717) is 9.13 Å². The molecule has 1 aromatic carbocycles. The number of amides is 1. The summed E-state index contributed by atoms with van der Waals surface area (Å²) >= 11 is 1.93. The van der Waals surface area contributed by atoms with Gasteiger partial charge in [-0.25, -0.2) is 9.18 Å². The first-order valence-corrected chi connectivity index (χ1v) is 5.59. The van der Waals surface area contributed by atoms with E-state index in [9.17, 15) is 9.18 Å². The van der Waals surface area contributed by atoms with E-state index in [-0.39, 0.29) is 6.54 Å². The normalized spacial score (nSPS) is 11.4. The van der Waals surface area contributed by atoms with Gasteiger partial charge in [-0.05, 0) is 46.4 Å². The molecule has 0 bridgehead atoms. The van der Waals surface area contributed by atoms with Gasteiger partial charge in [-0.3, -0.25) is 0 Å². The van der Waals surface area contributed by atoms with Crippen LogP contribution in [0.4, 0.5) is 9.18 Å². The lowest BCUT2D eigenvalue weighted by Crippen LogP contribution is -2.29. The van der Waals surface area contributed by atoms with Crippen LogP contribution in [0.3, 0.4) is 0 Å². The molecule has 0 saturated carbocycles. The zero-order valence-corrected chi connectivity index (χ0v) is 10.7. The molecular weight excluding hydrogens is 342 g/mol. The van der Waals surface area contributed by atoms with E-state index >= 15 is 0 Å². The van der Waals surface area contributed by atoms with Crippen LogP contribution >= 0.6 is 22.6 Å². The van der Waals surface area contributed by atoms with Crippen molar-refractivity contribution in [3.8, 4) is 0 Å². The molecule has 0 heterocycles. The van der Waals surface area contributed by atoms with Crippen molar-refractivity contribution in [2.45, 2.75) is 6.04 Å². The molecule has 1 aromatic rings. The standard InChI is InChI=1S/C9H8FIN4O2/c10-6-1-5(2-7(11)3-6)8(4-13-15-12)14-9(16)17/h1-3,8,12,14H,4H2/p+1. The SMILES string of the molecule is N=[N+]=NCC(NC(=O)O)c1cc(F)cc(I)c1. The monoisotopic (exact) mass is 351 g/mol. The molecule has 17 heavy (non-hydrogen) atoms. The average Bonchev–Trinajstić information content (AvgIpc) is 2.22. The highest BCUT2D eigenvalue weighted by atomic mass is 127. The number of carbonyl (C=O) groups is 1. The fraction of sp³-hybridized carbons (Fsp3) is 0.222. The smallest absolute Gasteiger partial charge is 0.405 e. The number of hydrogen-bond donors (Lipinski definition) is 3. The van der Waals surface area contributed by atoms with Gasteiger partial charge in [-0.15, -0.1) is 0 Å². The van der Waals surface area contributed by atoms with E-state index in [2.05, 4.69) is 15.3 Å². The Morgan fingerprint density at radius 1 is 1.65 bits per heavy atom. The molecule has 8 heteroatoms. The Bertz CT molecular complexity index is 452. The molecule has 1 rings (SSSR count). The summed E-state index contributed by atoms with van der Waals surface area (Å²) in [6, 6.07) is 3.48. The van der Waals surface area contributed by atoms with Crippen molar-refractivity contribution in [1.29, 1.82) is 5.53 Å². The highest BCUT2D eigenvalue weighted by Gasteiger charge is 2.17. The molecule has 6 nitrogen and oxygen atoms in total. The van der Waals surface area contributed by atoms with Gasteiger partial charge in [0.05, 0.1) is 6.04 Å². The van der Waals surface area contributed by atoms with E-state index in [1.165, 1.54) is 12.1 Å². The Morgan fingerprint density at radius 3 is 2.88 bits per heavy atom. The lowest BCUT2D eigenvalue weighted by molar-refractivity contribution is 0.190. The lowest BCUT2D eigenvalue weighted by Gasteiger charge is -2.13. The van der Waals surface area contributed by atoms with Crippen LogP contribution in [0.15, 0.2) is 23.3 Å². The van der Waals surface area contributed by atoms with Crippen LogP contribution in [0.1, 0.15) is 11.6 Å². The lowest BCUT2D eigenvalue weighted by atomic mass is 10.1. The summed E-state index contributed by atoms with van der Waals surface area (Å²) in [5.74, 6) is -0.452. The van der Waals surface area contributed by atoms with E-state index in [4.69, 9.17) is 10.6 Å². The molecule has 0 spiro atoms. The molecule has 0 aromatic heterocycles. The van der Waals surface area contributed by atoms with Crippen LogP contribution in [0.2, 0.25) is 0 Å². The summed E-state index contributed by atoms with van der Waals surface area (Å²) in [5.41, 5.74) is 6.98. The Hall–Kier alpha value is -1.54. The van der Waals surface area contributed by atoms with E-state index in [0.717, 1.165) is 0 Å². The van der Waals surface area contributed by atoms with Crippen LogP contribution in [0.25, 0.3) is 0 Å². The first kappa shape index (κ1) is 13.5. The Labute approximate surface area is 110 Å². The van der Waals surface area contributed by atoms with Crippen molar-refractivity contribution in [1.82, 2.24) is 10.2 Å². The van der Waals surface area contributed by atoms with Gasteiger partial charge in [0.1, 0.15) is 23.0 Å². The van der Waals surface area contributed by atoms with E-state index in [1.807, 2.05) is 22.6 Å². The molecule has 0 saturated heterocycles. The van der Waals surface area contributed by atoms with Crippen LogP contribution in [-0.2, 0) is 0 Å². The average molecular weight is 351 g/mol. The Kier molecular flexibility index (Phi) is 4.98. The second-order valence-corrected chi connectivity index (χ2v) is 4.37. The first-order valence-electron chi connectivity index (χ1n) is 4.51. The van der Waals surface area contributed by atoms with Gasteiger partial charge in [-0.1, -0.05) is 0 Å². The summed E-state index contributed by atoms with van der Waals surface area (Å²) in [4.78, 5) is 13.4. The largest absolute Gasteiger partial charge is 0.465 e. The predicted molar refractivity (Wildman–Crippen MR) is 65.2 cm³/mol. The van der Waals surface area contributed by atoms with Crippen LogP contribution in [-0.4, -0.2) is 17.7 Å². The number of rotatable bonds is 4. The molecule has 1 unspecified atom stereocenters. The van der Waals surface area contributed by atoms with Gasteiger partial charge in [0.15, 0.2) is 0 Å². The highest BCUT2D eigenvalue weighted by molar-refractivity contribution is 14.1. The van der Waals surface area contributed by atoms with Crippen LogP contribution in [0, 0.1) is 14.9 Å². The van der Waals surface area contributed by atoms with Crippen molar-refractivity contribution < 1.29 is 14.3 Å². The second kappa shape index (κ2) is 6.26. The minimum absolute atomic E-state index is 0.0463. The van der Waals surface area contributed by atoms with Crippen molar-refractivity contribution in [3.05, 3.63) is 33.1 Å². The number of halogens is 2. The molecule has 0 radical (unpaired) electrons. The van der Waals surface area contributed by atoms with Gasteiger partial charge in [0.2, 0.25) is 4.91 Å². The molecule has 0 aliphatic heterocycles. The highest BCUT2D eigenvalue weighted by Crippen LogP contribution is 2.18. The van der Waals surface area contributed by atoms with Gasteiger partial charge < -0.3 is 10.4 Å². The number of hydrogen-bond acceptors (Lipinski definition) is 3. The third-order valence-corrected chi connectivity index (χ3v) is 2.54. The summed E-state index contributed by atoms with van der Waals surface area (Å²) in [6.07, 6.45) is -1.24. The zero-order valence-electron chi connectivity index (χ0n) is 8.52. The van der Waals surface area contributed by atoms with Crippen LogP contribution in [0.5, 0.6) is 0 Å². The number of carboxylic acid groups (broad SMARTS) is 1. The summed E-state index contributed by atoms with van der Waals surface area (Å²) < 4.78 is 13.8. The predicted octanol–water partition coefficient (Wildman–Crippen LogP) is 2.29. The Morgan fingerprint density at radius 2 is 2.35 bits per heavy atom. The van der Waals surface area contributed by atoms with Gasteiger partial charge in [0, 0.05) is 3.57 Å². The second-order valence-electron chi connectivity index (χ2n) is 3.13. The quantitative estimate of drug-likeness (QED) is 0.441. The topological polar surface area (TPSA) is 99.6 Å². The molecule has 1 atom stereocenters. The number of nitrogens with zero attached hydrogens (tertiary/aromatic N) is 2. The number of benzene rings is 1. The molecule has 1 amide bonds. The van der Waals surface area contributed by atoms with E-state index < -0.39 is 18.0 Å². The van der Waals surface area contributed by atoms with Crippen molar-refractivity contribution in [3.63, 3.8) is 0 Å². The molecule has 0 aliphatic carbocycles. The van der Waals surface area contributed by atoms with Gasteiger partial charge in [-0.2, -0.15) is 0 Å². The maximum absolute atomic E-state index is 13.2. The third kappa shape index (κ3) is 4.45. The fourth-order valence-corrected chi connectivity index (χ4v) is 1.94. The van der Waals surface area contributed by atoms with Crippen molar-refractivity contribution >= 4 is 28.7 Å². The van der Waals surface area contributed by atoms with Crippen molar-refractivity contribution in [2.24, 2.45) is 5.11 Å². The molecule has 0 aliphatic rings. The fourth-order valence-electron chi connectivity index (χ4n) is 1.28. The zero-order chi connectivity index (χ0) is 12.8. The maximum Gasteiger partial charge on any atom is 0.405 e. The van der Waals surface area contributed by atoms with Crippen molar-refractivity contribution in [2.75, 3.05) is 6.54 Å². The van der Waals surface area contributed by atoms with E-state index in [1.54, 1.807) is 6.07 Å². The van der Waals surface area contributed by atoms with Gasteiger partial charge >= 0.3 is 6.09 Å². The molecule has 3 N–H and O–H groups in total. The van der Waals surface area contributed by atoms with Crippen LogP contribution < -0.4 is 10.2 Å². The third-order valence-electron chi connectivity index (χ3n) is 1.92. The summed E-state index contributed by atoms with van der Waals surface area (Å²) in [5, 5.41) is 14.3. The maximum atomic E-state index is 13.2. The molecule has 0 fully saturated rings. The Balaban J connectivity index is 3.01. The van der Waals surface area contributed by atoms with Gasteiger partial charge in [0.25, 0.3) is 0 Å². The molecular formula is C9H9FIN4O2+. The number of nitrogens with one attached hydrogen (secondary N) is 2. The minimum Gasteiger partial charge on any atom is -0.465 e. The summed E-state index contributed by atoms with van der Waals surface area (Å²) in [6.45, 7) is -0.0463. The molecule has 90 valence electrons. The minimum atomic E-state index is -1.24. The first-order chi connectivity index (χ1) is 8.02.